The molecule has 0 N–H and O–H groups in total. The summed E-state index contributed by atoms with van der Waals surface area (Å²) in [6, 6.07) is 9.50. The summed E-state index contributed by atoms with van der Waals surface area (Å²) < 4.78 is 10.5. The van der Waals surface area contributed by atoms with Gasteiger partial charge in [-0.2, -0.15) is 0 Å². The minimum atomic E-state index is -0.488. The molecule has 23 heavy (non-hydrogen) atoms. The van der Waals surface area contributed by atoms with E-state index < -0.39 is 18.2 Å². The van der Waals surface area contributed by atoms with Crippen LogP contribution in [0.4, 0.5) is 0 Å². The highest BCUT2D eigenvalue weighted by Crippen LogP contribution is 2.09. The van der Waals surface area contributed by atoms with Crippen LogP contribution in [0, 0.1) is 0 Å². The molecule has 0 aliphatic rings. The van der Waals surface area contributed by atoms with Gasteiger partial charge in [-0.25, -0.2) is 4.79 Å². The zero-order valence-electron chi connectivity index (χ0n) is 14.2. The maximum Gasteiger partial charge on any atom is 0.331 e. The Bertz CT molecular complexity index is 507. The Labute approximate surface area is 138 Å². The van der Waals surface area contributed by atoms with Gasteiger partial charge in [-0.15, -0.1) is 0 Å². The van der Waals surface area contributed by atoms with E-state index in [9.17, 15) is 9.59 Å². The molecule has 4 nitrogen and oxygen atoms in total. The van der Waals surface area contributed by atoms with Crippen molar-refractivity contribution >= 4 is 18.0 Å². The Morgan fingerprint density at radius 3 is 2.35 bits per heavy atom. The first-order valence-electron chi connectivity index (χ1n) is 8.16. The Morgan fingerprint density at radius 2 is 1.70 bits per heavy atom. The molecule has 4 heteroatoms. The van der Waals surface area contributed by atoms with Crippen molar-refractivity contribution in [2.45, 2.75) is 58.7 Å². The second-order valence-corrected chi connectivity index (χ2v) is 5.54. The second-order valence-electron chi connectivity index (χ2n) is 5.54. The van der Waals surface area contributed by atoms with E-state index >= 15 is 0 Å². The Balaban J connectivity index is 2.36. The maximum atomic E-state index is 11.8. The van der Waals surface area contributed by atoms with Gasteiger partial charge >= 0.3 is 11.9 Å². The van der Waals surface area contributed by atoms with Crippen molar-refractivity contribution in [1.29, 1.82) is 0 Å². The van der Waals surface area contributed by atoms with Crippen LogP contribution in [0.5, 0.6) is 0 Å². The van der Waals surface area contributed by atoms with E-state index in [-0.39, 0.29) is 5.97 Å². The van der Waals surface area contributed by atoms with Gasteiger partial charge in [0.1, 0.15) is 12.2 Å². The van der Waals surface area contributed by atoms with Gasteiger partial charge in [0.05, 0.1) is 0 Å². The van der Waals surface area contributed by atoms with Crippen LogP contribution in [-0.4, -0.2) is 24.1 Å². The third-order valence-electron chi connectivity index (χ3n) is 3.48. The van der Waals surface area contributed by atoms with Crippen LogP contribution in [0.25, 0.3) is 6.08 Å². The smallest absolute Gasteiger partial charge is 0.331 e. The molecule has 0 spiro atoms. The number of esters is 2. The molecular weight excluding hydrogens is 292 g/mol. The lowest BCUT2D eigenvalue weighted by Crippen LogP contribution is -2.30. The van der Waals surface area contributed by atoms with Gasteiger partial charge in [0.2, 0.25) is 0 Å². The van der Waals surface area contributed by atoms with Crippen LogP contribution in [-0.2, 0) is 19.1 Å². The van der Waals surface area contributed by atoms with Gasteiger partial charge in [0.15, 0.2) is 0 Å². The van der Waals surface area contributed by atoms with Crippen molar-refractivity contribution in [1.82, 2.24) is 0 Å². The van der Waals surface area contributed by atoms with E-state index in [2.05, 4.69) is 6.92 Å². The Kier molecular flexibility index (Phi) is 8.73. The molecule has 0 saturated heterocycles. The number of unbranched alkanes of at least 4 members (excludes halogenated alkanes) is 2. The highest BCUT2D eigenvalue weighted by molar-refractivity contribution is 5.87. The summed E-state index contributed by atoms with van der Waals surface area (Å²) in [6.45, 7) is 5.53. The summed E-state index contributed by atoms with van der Waals surface area (Å²) in [5.74, 6) is -0.691. The molecule has 0 bridgehead atoms. The van der Waals surface area contributed by atoms with Crippen molar-refractivity contribution in [3.8, 4) is 0 Å². The highest BCUT2D eigenvalue weighted by Gasteiger charge is 2.19. The van der Waals surface area contributed by atoms with Crippen LogP contribution in [0.1, 0.15) is 52.0 Å². The van der Waals surface area contributed by atoms with Crippen LogP contribution in [0.3, 0.4) is 0 Å². The zero-order valence-corrected chi connectivity index (χ0v) is 14.2. The molecule has 0 amide bonds. The molecule has 0 fully saturated rings. The van der Waals surface area contributed by atoms with Crippen LogP contribution < -0.4 is 0 Å². The monoisotopic (exact) mass is 318 g/mol. The van der Waals surface area contributed by atoms with Crippen LogP contribution >= 0.6 is 0 Å². The molecular formula is C19H26O4. The van der Waals surface area contributed by atoms with Gasteiger partial charge in [-0.3, -0.25) is 4.79 Å². The number of rotatable bonds is 9. The molecule has 0 aliphatic heterocycles. The van der Waals surface area contributed by atoms with Crippen molar-refractivity contribution in [2.24, 2.45) is 0 Å². The fourth-order valence-electron chi connectivity index (χ4n) is 1.93. The molecule has 0 aromatic heterocycles. The second kappa shape index (κ2) is 10.6. The molecule has 126 valence electrons. The molecule has 1 aromatic carbocycles. The molecule has 0 saturated carbocycles. The first kappa shape index (κ1) is 18.9. The van der Waals surface area contributed by atoms with Gasteiger partial charge in [0.25, 0.3) is 0 Å². The quantitative estimate of drug-likeness (QED) is 0.390. The normalized spacial score (nSPS) is 13.5. The number of hydrogen-bond acceptors (Lipinski definition) is 4. The molecule has 0 heterocycles. The van der Waals surface area contributed by atoms with E-state index in [0.29, 0.717) is 6.42 Å². The zero-order chi connectivity index (χ0) is 17.1. The minimum Gasteiger partial charge on any atom is -0.459 e. The van der Waals surface area contributed by atoms with Gasteiger partial charge in [-0.05, 0) is 31.9 Å². The summed E-state index contributed by atoms with van der Waals surface area (Å²) >= 11 is 0. The van der Waals surface area contributed by atoms with Gasteiger partial charge in [0, 0.05) is 12.5 Å². The van der Waals surface area contributed by atoms with Crippen molar-refractivity contribution in [2.75, 3.05) is 0 Å². The van der Waals surface area contributed by atoms with Gasteiger partial charge < -0.3 is 9.47 Å². The van der Waals surface area contributed by atoms with E-state index in [1.165, 1.54) is 6.08 Å². The first-order valence-corrected chi connectivity index (χ1v) is 8.16. The number of carbonyl (C=O) groups excluding carboxylic acids is 2. The fourth-order valence-corrected chi connectivity index (χ4v) is 1.93. The van der Waals surface area contributed by atoms with Crippen LogP contribution in [0.2, 0.25) is 0 Å². The number of hydrogen-bond donors (Lipinski definition) is 0. The van der Waals surface area contributed by atoms with E-state index in [1.54, 1.807) is 19.9 Å². The Morgan fingerprint density at radius 1 is 1.04 bits per heavy atom. The fraction of sp³-hybridized carbons (Fsp3) is 0.474. The summed E-state index contributed by atoms with van der Waals surface area (Å²) in [6.07, 6.45) is 5.43. The molecule has 0 aliphatic carbocycles. The molecule has 1 rings (SSSR count). The summed E-state index contributed by atoms with van der Waals surface area (Å²) in [5.41, 5.74) is 0.924. The summed E-state index contributed by atoms with van der Waals surface area (Å²) in [4.78, 5) is 23.4. The number of carbonyl (C=O) groups is 2. The lowest BCUT2D eigenvalue weighted by atomic mass is 10.2. The Hall–Kier alpha value is -2.10. The van der Waals surface area contributed by atoms with Crippen molar-refractivity contribution in [3.05, 3.63) is 42.0 Å². The molecule has 1 aromatic rings. The average molecular weight is 318 g/mol. The van der Waals surface area contributed by atoms with Gasteiger partial charge in [-0.1, -0.05) is 50.1 Å². The third-order valence-corrected chi connectivity index (χ3v) is 3.48. The number of ether oxygens (including phenoxy) is 2. The lowest BCUT2D eigenvalue weighted by Gasteiger charge is -2.20. The number of benzene rings is 1. The summed E-state index contributed by atoms with van der Waals surface area (Å²) in [5, 5.41) is 0. The molecule has 2 atom stereocenters. The highest BCUT2D eigenvalue weighted by atomic mass is 16.6. The summed E-state index contributed by atoms with van der Waals surface area (Å²) in [7, 11) is 0. The average Bonchev–Trinajstić information content (AvgIpc) is 2.54. The van der Waals surface area contributed by atoms with E-state index in [1.807, 2.05) is 30.3 Å². The third kappa shape index (κ3) is 8.19. The lowest BCUT2D eigenvalue weighted by molar-refractivity contribution is -0.162. The maximum absolute atomic E-state index is 11.8. The first-order chi connectivity index (χ1) is 11.0. The predicted octanol–water partition coefficient (Wildman–Crippen LogP) is 4.14. The molecule has 0 radical (unpaired) electrons. The predicted molar refractivity (Wildman–Crippen MR) is 90.7 cm³/mol. The van der Waals surface area contributed by atoms with Crippen LogP contribution in [0.15, 0.2) is 36.4 Å². The minimum absolute atomic E-state index is 0.242. The largest absolute Gasteiger partial charge is 0.459 e. The van der Waals surface area contributed by atoms with Crippen molar-refractivity contribution in [3.63, 3.8) is 0 Å². The van der Waals surface area contributed by atoms with E-state index in [4.69, 9.17) is 9.47 Å². The standard InChI is InChI=1S/C19H26O4/c1-4-5-7-12-18(20)22-15(2)16(3)23-19(21)14-13-17-10-8-6-9-11-17/h6,8-11,13-16H,4-5,7,12H2,1-3H3. The molecule has 2 unspecified atom stereocenters. The topological polar surface area (TPSA) is 52.6 Å². The van der Waals surface area contributed by atoms with E-state index in [0.717, 1.165) is 24.8 Å². The van der Waals surface area contributed by atoms with Crippen molar-refractivity contribution < 1.29 is 19.1 Å². The SMILES string of the molecule is CCCCCC(=O)OC(C)C(C)OC(=O)C=Cc1ccccc1.